The summed E-state index contributed by atoms with van der Waals surface area (Å²) in [6, 6.07) is 20.3. The molecule has 2 amide bonds. The molecule has 0 aliphatic carbocycles. The molecule has 0 aliphatic rings. The van der Waals surface area contributed by atoms with Gasteiger partial charge in [0.25, 0.3) is 5.91 Å². The van der Waals surface area contributed by atoms with Crippen LogP contribution >= 0.6 is 0 Å². The Kier molecular flexibility index (Phi) is 6.56. The van der Waals surface area contributed by atoms with Crippen molar-refractivity contribution in [2.24, 2.45) is 0 Å². The minimum atomic E-state index is -3.61. The van der Waals surface area contributed by atoms with E-state index in [-0.39, 0.29) is 17.2 Å². The van der Waals surface area contributed by atoms with Crippen molar-refractivity contribution in [2.45, 2.75) is 6.92 Å². The Bertz CT molecular complexity index is 1190. The van der Waals surface area contributed by atoms with Gasteiger partial charge in [0.2, 0.25) is 15.9 Å². The van der Waals surface area contributed by atoms with E-state index in [9.17, 15) is 18.0 Å². The molecule has 3 N–H and O–H groups in total. The first kappa shape index (κ1) is 21.8. The number of carbonyl (C=O) groups is 2. The highest BCUT2D eigenvalue weighted by molar-refractivity contribution is 7.92. The summed E-state index contributed by atoms with van der Waals surface area (Å²) in [6.07, 6.45) is 0.988. The van der Waals surface area contributed by atoms with Gasteiger partial charge in [-0.2, -0.15) is 0 Å². The molecule has 0 aromatic heterocycles. The molecule has 0 unspecified atom stereocenters. The van der Waals surface area contributed by atoms with Crippen molar-refractivity contribution >= 4 is 38.9 Å². The highest BCUT2D eigenvalue weighted by Crippen LogP contribution is 2.25. The molecule has 0 saturated carbocycles. The van der Waals surface area contributed by atoms with Gasteiger partial charge in [-0.15, -0.1) is 0 Å². The number of anilines is 3. The van der Waals surface area contributed by atoms with Crippen LogP contribution in [0.4, 0.5) is 17.1 Å². The van der Waals surface area contributed by atoms with Gasteiger partial charge in [-0.3, -0.25) is 14.3 Å². The van der Waals surface area contributed by atoms with E-state index in [1.165, 1.54) is 25.1 Å². The molecule has 0 heterocycles. The molecule has 0 fully saturated rings. The van der Waals surface area contributed by atoms with Crippen molar-refractivity contribution in [3.63, 3.8) is 0 Å². The molecule has 160 valence electrons. The average Bonchev–Trinajstić information content (AvgIpc) is 2.70. The first-order valence-corrected chi connectivity index (χ1v) is 11.1. The minimum Gasteiger partial charge on any atom is -0.457 e. The summed E-state index contributed by atoms with van der Waals surface area (Å²) in [4.78, 5) is 24.2. The third-order valence-corrected chi connectivity index (χ3v) is 4.56. The molecule has 3 aromatic carbocycles. The van der Waals surface area contributed by atoms with E-state index >= 15 is 0 Å². The summed E-state index contributed by atoms with van der Waals surface area (Å²) in [5.74, 6) is 0.418. The van der Waals surface area contributed by atoms with Crippen LogP contribution in [-0.2, 0) is 14.8 Å². The second kappa shape index (κ2) is 9.31. The average molecular weight is 439 g/mol. The molecule has 0 saturated heterocycles. The molecular formula is C22H21N3O5S. The van der Waals surface area contributed by atoms with Gasteiger partial charge in [-0.1, -0.05) is 18.2 Å². The van der Waals surface area contributed by atoms with Crippen LogP contribution in [-0.4, -0.2) is 26.5 Å². The smallest absolute Gasteiger partial charge is 0.257 e. The third-order valence-electron chi connectivity index (χ3n) is 3.97. The molecule has 3 rings (SSSR count). The maximum absolute atomic E-state index is 12.8. The first-order valence-electron chi connectivity index (χ1n) is 9.23. The van der Waals surface area contributed by atoms with Crippen LogP contribution in [0, 0.1) is 0 Å². The molecule has 9 heteroatoms. The SMILES string of the molecule is CC(=O)Nc1ccc(NS(C)(=O)=O)c(C(=O)Nc2ccc(Oc3ccccc3)cc2)c1. The van der Waals surface area contributed by atoms with Crippen LogP contribution in [0.1, 0.15) is 17.3 Å². The van der Waals surface area contributed by atoms with Crippen LogP contribution in [0.3, 0.4) is 0 Å². The van der Waals surface area contributed by atoms with Crippen molar-refractivity contribution in [3.05, 3.63) is 78.4 Å². The lowest BCUT2D eigenvalue weighted by atomic mass is 10.1. The van der Waals surface area contributed by atoms with E-state index in [4.69, 9.17) is 4.74 Å². The monoisotopic (exact) mass is 439 g/mol. The van der Waals surface area contributed by atoms with Crippen molar-refractivity contribution in [1.82, 2.24) is 0 Å². The standard InChI is InChI=1S/C22H21N3O5S/c1-15(26)23-17-10-13-21(25-31(2,28)29)20(14-17)22(27)24-16-8-11-19(12-9-16)30-18-6-4-3-5-7-18/h3-14,25H,1-2H3,(H,23,26)(H,24,27). The largest absolute Gasteiger partial charge is 0.457 e. The molecule has 0 bridgehead atoms. The van der Waals surface area contributed by atoms with Gasteiger partial charge in [0.05, 0.1) is 17.5 Å². The van der Waals surface area contributed by atoms with Gasteiger partial charge in [0.1, 0.15) is 11.5 Å². The van der Waals surface area contributed by atoms with Gasteiger partial charge in [0.15, 0.2) is 0 Å². The number of para-hydroxylation sites is 1. The first-order chi connectivity index (χ1) is 14.7. The number of benzene rings is 3. The number of nitrogens with one attached hydrogen (secondary N) is 3. The molecule has 8 nitrogen and oxygen atoms in total. The normalized spacial score (nSPS) is 10.8. The lowest BCUT2D eigenvalue weighted by Crippen LogP contribution is -2.18. The second-order valence-electron chi connectivity index (χ2n) is 6.71. The van der Waals surface area contributed by atoms with E-state index in [0.29, 0.717) is 22.9 Å². The molecule has 0 aliphatic heterocycles. The van der Waals surface area contributed by atoms with E-state index in [1.807, 2.05) is 30.3 Å². The zero-order chi connectivity index (χ0) is 22.4. The van der Waals surface area contributed by atoms with Crippen LogP contribution in [0.25, 0.3) is 0 Å². The number of rotatable bonds is 7. The van der Waals surface area contributed by atoms with Gasteiger partial charge < -0.3 is 15.4 Å². The number of carbonyl (C=O) groups excluding carboxylic acids is 2. The fourth-order valence-corrected chi connectivity index (χ4v) is 3.31. The Morgan fingerprint density at radius 2 is 1.42 bits per heavy atom. The molecule has 0 radical (unpaired) electrons. The summed E-state index contributed by atoms with van der Waals surface area (Å²) in [7, 11) is -3.61. The van der Waals surface area contributed by atoms with Crippen molar-refractivity contribution in [2.75, 3.05) is 21.6 Å². The van der Waals surface area contributed by atoms with Crippen LogP contribution in [0.5, 0.6) is 11.5 Å². The fraction of sp³-hybridized carbons (Fsp3) is 0.0909. The zero-order valence-corrected chi connectivity index (χ0v) is 17.7. The summed E-state index contributed by atoms with van der Waals surface area (Å²) in [5, 5.41) is 5.29. The lowest BCUT2D eigenvalue weighted by molar-refractivity contribution is -0.114. The number of sulfonamides is 1. The Hall–Kier alpha value is -3.85. The fourth-order valence-electron chi connectivity index (χ4n) is 2.73. The Morgan fingerprint density at radius 3 is 2.03 bits per heavy atom. The van der Waals surface area contributed by atoms with Gasteiger partial charge in [-0.25, -0.2) is 8.42 Å². The molecular weight excluding hydrogens is 418 g/mol. The highest BCUT2D eigenvalue weighted by Gasteiger charge is 2.16. The van der Waals surface area contributed by atoms with Crippen LogP contribution in [0.15, 0.2) is 72.8 Å². The summed E-state index contributed by atoms with van der Waals surface area (Å²) in [6.45, 7) is 1.33. The van der Waals surface area contributed by atoms with Gasteiger partial charge in [-0.05, 0) is 54.6 Å². The third kappa shape index (κ3) is 6.58. The predicted octanol–water partition coefficient (Wildman–Crippen LogP) is 4.06. The second-order valence-corrected chi connectivity index (χ2v) is 8.46. The minimum absolute atomic E-state index is 0.0567. The maximum atomic E-state index is 12.8. The molecule has 3 aromatic rings. The maximum Gasteiger partial charge on any atom is 0.257 e. The van der Waals surface area contributed by atoms with Crippen molar-refractivity contribution in [3.8, 4) is 11.5 Å². The number of amides is 2. The van der Waals surface area contributed by atoms with E-state index in [0.717, 1.165) is 6.26 Å². The Balaban J connectivity index is 1.80. The summed E-state index contributed by atoms with van der Waals surface area (Å²) >= 11 is 0. The number of hydrogen-bond acceptors (Lipinski definition) is 5. The van der Waals surface area contributed by atoms with E-state index in [2.05, 4.69) is 15.4 Å². The van der Waals surface area contributed by atoms with E-state index in [1.54, 1.807) is 24.3 Å². The zero-order valence-electron chi connectivity index (χ0n) is 16.9. The quantitative estimate of drug-likeness (QED) is 0.514. The molecule has 0 atom stereocenters. The number of hydrogen-bond donors (Lipinski definition) is 3. The van der Waals surface area contributed by atoms with Crippen LogP contribution < -0.4 is 20.1 Å². The van der Waals surface area contributed by atoms with Crippen LogP contribution in [0.2, 0.25) is 0 Å². The summed E-state index contributed by atoms with van der Waals surface area (Å²) < 4.78 is 31.3. The highest BCUT2D eigenvalue weighted by atomic mass is 32.2. The van der Waals surface area contributed by atoms with Gasteiger partial charge in [0, 0.05) is 18.3 Å². The van der Waals surface area contributed by atoms with Crippen molar-refractivity contribution < 1.29 is 22.7 Å². The topological polar surface area (TPSA) is 114 Å². The predicted molar refractivity (Wildman–Crippen MR) is 120 cm³/mol. The lowest BCUT2D eigenvalue weighted by Gasteiger charge is -2.13. The van der Waals surface area contributed by atoms with E-state index < -0.39 is 15.9 Å². The van der Waals surface area contributed by atoms with Crippen molar-refractivity contribution in [1.29, 1.82) is 0 Å². The van der Waals surface area contributed by atoms with Gasteiger partial charge >= 0.3 is 0 Å². The molecule has 0 spiro atoms. The molecule has 31 heavy (non-hydrogen) atoms. The Labute approximate surface area is 180 Å². The summed E-state index contributed by atoms with van der Waals surface area (Å²) in [5.41, 5.74) is 1.00. The number of ether oxygens (including phenoxy) is 1. The Morgan fingerprint density at radius 1 is 0.806 bits per heavy atom.